The number of carbonyl (C=O) groups is 1. The van der Waals surface area contributed by atoms with Gasteiger partial charge in [-0.2, -0.15) is 0 Å². The van der Waals surface area contributed by atoms with E-state index in [0.717, 1.165) is 0 Å². The van der Waals surface area contributed by atoms with E-state index in [1.54, 1.807) is 0 Å². The number of likely N-dealkylation sites (N-methyl/N-ethyl adjacent to an activating group) is 1. The third-order valence-electron chi connectivity index (χ3n) is 2.62. The molecule has 0 aliphatic carbocycles. The molecule has 7 nitrogen and oxygen atoms in total. The summed E-state index contributed by atoms with van der Waals surface area (Å²) in [6.45, 7) is 1.30. The number of benzene rings is 1. The molecular formula is C11H13BrN2O5. The topological polar surface area (TPSA) is 102 Å². The first-order valence-corrected chi connectivity index (χ1v) is 6.08. The van der Waals surface area contributed by atoms with Gasteiger partial charge in [0.25, 0.3) is 5.69 Å². The highest BCUT2D eigenvalue weighted by atomic mass is 79.9. The number of non-ortho nitro benzene ring substituents is 1. The summed E-state index contributed by atoms with van der Waals surface area (Å²) < 4.78 is 5.80. The number of halogens is 1. The lowest BCUT2D eigenvalue weighted by Gasteiger charge is -2.24. The van der Waals surface area contributed by atoms with Crippen molar-refractivity contribution in [2.75, 3.05) is 13.7 Å². The summed E-state index contributed by atoms with van der Waals surface area (Å²) in [7, 11) is 1.50. The van der Waals surface area contributed by atoms with E-state index in [0.29, 0.717) is 4.47 Å². The molecule has 0 saturated heterocycles. The third kappa shape index (κ3) is 3.90. The van der Waals surface area contributed by atoms with Crippen molar-refractivity contribution in [3.05, 3.63) is 32.8 Å². The molecular weight excluding hydrogens is 320 g/mol. The van der Waals surface area contributed by atoms with Gasteiger partial charge in [-0.3, -0.25) is 14.9 Å². The Kier molecular flexibility index (Phi) is 4.84. The molecule has 2 N–H and O–H groups in total. The van der Waals surface area contributed by atoms with Gasteiger partial charge in [0.15, 0.2) is 0 Å². The van der Waals surface area contributed by atoms with Crippen LogP contribution in [0.3, 0.4) is 0 Å². The molecule has 0 radical (unpaired) electrons. The van der Waals surface area contributed by atoms with E-state index in [9.17, 15) is 14.9 Å². The molecule has 0 fully saturated rings. The molecule has 0 aliphatic rings. The van der Waals surface area contributed by atoms with E-state index in [-0.39, 0.29) is 18.0 Å². The summed E-state index contributed by atoms with van der Waals surface area (Å²) in [5, 5.41) is 22.4. The fraction of sp³-hybridized carbons (Fsp3) is 0.364. The molecule has 0 aliphatic heterocycles. The SMILES string of the molecule is CNC(C)(COc1cc(Br)cc([N+](=O)[O-])c1)C(=O)O. The number of hydrogen-bond acceptors (Lipinski definition) is 5. The highest BCUT2D eigenvalue weighted by molar-refractivity contribution is 9.10. The van der Waals surface area contributed by atoms with E-state index in [1.165, 1.54) is 32.2 Å². The highest BCUT2D eigenvalue weighted by Crippen LogP contribution is 2.26. The van der Waals surface area contributed by atoms with E-state index in [1.807, 2.05) is 0 Å². The first-order valence-electron chi connectivity index (χ1n) is 5.28. The van der Waals surface area contributed by atoms with Gasteiger partial charge in [-0.15, -0.1) is 0 Å². The van der Waals surface area contributed by atoms with Crippen molar-refractivity contribution >= 4 is 27.6 Å². The van der Waals surface area contributed by atoms with Gasteiger partial charge in [0.2, 0.25) is 0 Å². The van der Waals surface area contributed by atoms with Crippen LogP contribution in [0.4, 0.5) is 5.69 Å². The summed E-state index contributed by atoms with van der Waals surface area (Å²) in [4.78, 5) is 21.2. The number of nitro groups is 1. The quantitative estimate of drug-likeness (QED) is 0.608. The lowest BCUT2D eigenvalue weighted by Crippen LogP contribution is -2.52. The average Bonchev–Trinajstić information content (AvgIpc) is 2.35. The van der Waals surface area contributed by atoms with Crippen molar-refractivity contribution in [1.82, 2.24) is 5.32 Å². The second-order valence-corrected chi connectivity index (χ2v) is 4.99. The Labute approximate surface area is 117 Å². The van der Waals surface area contributed by atoms with Crippen molar-refractivity contribution < 1.29 is 19.6 Å². The van der Waals surface area contributed by atoms with Crippen LogP contribution in [-0.2, 0) is 4.79 Å². The molecule has 1 rings (SSSR count). The summed E-state index contributed by atoms with van der Waals surface area (Å²) in [6.07, 6.45) is 0. The van der Waals surface area contributed by atoms with Crippen LogP contribution in [-0.4, -0.2) is 35.2 Å². The van der Waals surface area contributed by atoms with Crippen LogP contribution >= 0.6 is 15.9 Å². The second-order valence-electron chi connectivity index (χ2n) is 4.08. The number of nitrogens with zero attached hydrogens (tertiary/aromatic N) is 1. The van der Waals surface area contributed by atoms with Crippen molar-refractivity contribution in [3.8, 4) is 5.75 Å². The van der Waals surface area contributed by atoms with E-state index < -0.39 is 16.4 Å². The minimum Gasteiger partial charge on any atom is -0.491 e. The number of aliphatic carboxylic acids is 1. The molecule has 1 unspecified atom stereocenters. The third-order valence-corrected chi connectivity index (χ3v) is 3.08. The Morgan fingerprint density at radius 1 is 1.58 bits per heavy atom. The molecule has 0 aromatic heterocycles. The minimum absolute atomic E-state index is 0.133. The normalized spacial score (nSPS) is 13.6. The standard InChI is InChI=1S/C11H13BrN2O5/c1-11(13-2,10(15)16)6-19-9-4-7(12)3-8(5-9)14(17)18/h3-5,13H,6H2,1-2H3,(H,15,16). The van der Waals surface area contributed by atoms with Crippen LogP contribution in [0.25, 0.3) is 0 Å². The van der Waals surface area contributed by atoms with Gasteiger partial charge >= 0.3 is 5.97 Å². The van der Waals surface area contributed by atoms with E-state index in [4.69, 9.17) is 9.84 Å². The van der Waals surface area contributed by atoms with Crippen LogP contribution in [0.2, 0.25) is 0 Å². The molecule has 1 atom stereocenters. The predicted octanol–water partition coefficient (Wildman–Crippen LogP) is 1.80. The number of nitro benzene ring substituents is 1. The van der Waals surface area contributed by atoms with Gasteiger partial charge in [-0.25, -0.2) is 0 Å². The molecule has 0 amide bonds. The first kappa shape index (κ1) is 15.4. The van der Waals surface area contributed by atoms with Crippen LogP contribution in [0.1, 0.15) is 6.92 Å². The molecule has 0 bridgehead atoms. The number of rotatable bonds is 6. The number of carboxylic acid groups (broad SMARTS) is 1. The molecule has 8 heteroatoms. The molecule has 19 heavy (non-hydrogen) atoms. The van der Waals surface area contributed by atoms with Crippen molar-refractivity contribution in [2.45, 2.75) is 12.5 Å². The summed E-state index contributed by atoms with van der Waals surface area (Å²) in [5.41, 5.74) is -1.40. The zero-order chi connectivity index (χ0) is 14.6. The van der Waals surface area contributed by atoms with Gasteiger partial charge in [0.05, 0.1) is 11.0 Å². The molecule has 0 heterocycles. The number of hydrogen-bond donors (Lipinski definition) is 2. The first-order chi connectivity index (χ1) is 8.78. The smallest absolute Gasteiger partial charge is 0.327 e. The summed E-state index contributed by atoms with van der Waals surface area (Å²) in [5.74, 6) is -0.844. The highest BCUT2D eigenvalue weighted by Gasteiger charge is 2.32. The minimum atomic E-state index is -1.27. The maximum absolute atomic E-state index is 11.1. The molecule has 1 aromatic rings. The van der Waals surface area contributed by atoms with Crippen molar-refractivity contribution in [1.29, 1.82) is 0 Å². The van der Waals surface area contributed by atoms with E-state index >= 15 is 0 Å². The van der Waals surface area contributed by atoms with Gasteiger partial charge in [-0.05, 0) is 20.0 Å². The molecule has 0 saturated carbocycles. The number of carboxylic acids is 1. The number of ether oxygens (including phenoxy) is 1. The van der Waals surface area contributed by atoms with Crippen molar-refractivity contribution in [2.24, 2.45) is 0 Å². The second kappa shape index (κ2) is 5.98. The Morgan fingerprint density at radius 3 is 2.68 bits per heavy atom. The average molecular weight is 333 g/mol. The molecule has 1 aromatic carbocycles. The van der Waals surface area contributed by atoms with Gasteiger partial charge in [0.1, 0.15) is 17.9 Å². The molecule has 104 valence electrons. The monoisotopic (exact) mass is 332 g/mol. The fourth-order valence-electron chi connectivity index (χ4n) is 1.21. The summed E-state index contributed by atoms with van der Waals surface area (Å²) in [6, 6.07) is 4.11. The Balaban J connectivity index is 2.89. The zero-order valence-electron chi connectivity index (χ0n) is 10.3. The summed E-state index contributed by atoms with van der Waals surface area (Å²) >= 11 is 3.13. The number of nitrogens with one attached hydrogen (secondary N) is 1. The van der Waals surface area contributed by atoms with Crippen LogP contribution in [0.5, 0.6) is 5.75 Å². The van der Waals surface area contributed by atoms with E-state index in [2.05, 4.69) is 21.2 Å². The largest absolute Gasteiger partial charge is 0.491 e. The Bertz CT molecular complexity index is 508. The van der Waals surface area contributed by atoms with Crippen LogP contribution in [0.15, 0.2) is 22.7 Å². The lowest BCUT2D eigenvalue weighted by molar-refractivity contribution is -0.385. The Hall–Kier alpha value is -1.67. The maximum Gasteiger partial charge on any atom is 0.327 e. The van der Waals surface area contributed by atoms with Gasteiger partial charge in [-0.1, -0.05) is 15.9 Å². The van der Waals surface area contributed by atoms with Crippen LogP contribution < -0.4 is 10.1 Å². The van der Waals surface area contributed by atoms with Gasteiger partial charge in [0, 0.05) is 10.5 Å². The van der Waals surface area contributed by atoms with Gasteiger partial charge < -0.3 is 15.2 Å². The van der Waals surface area contributed by atoms with Crippen molar-refractivity contribution in [3.63, 3.8) is 0 Å². The molecule has 0 spiro atoms. The maximum atomic E-state index is 11.1. The zero-order valence-corrected chi connectivity index (χ0v) is 11.9. The predicted molar refractivity (Wildman–Crippen MR) is 71.4 cm³/mol. The lowest BCUT2D eigenvalue weighted by atomic mass is 10.1. The van der Waals surface area contributed by atoms with Crippen LogP contribution in [0, 0.1) is 10.1 Å². The fourth-order valence-corrected chi connectivity index (χ4v) is 1.67. The Morgan fingerprint density at radius 2 is 2.21 bits per heavy atom.